The number of fused-ring (bicyclic) bond motifs is 1. The molecule has 2 aromatic heterocycles. The van der Waals surface area contributed by atoms with Gasteiger partial charge in [-0.25, -0.2) is 0 Å². The van der Waals surface area contributed by atoms with Crippen LogP contribution in [0.3, 0.4) is 0 Å². The highest BCUT2D eigenvalue weighted by atomic mass is 35.5. The van der Waals surface area contributed by atoms with Gasteiger partial charge in [0.1, 0.15) is 17.6 Å². The zero-order valence-electron chi connectivity index (χ0n) is 16.4. The van der Waals surface area contributed by atoms with Gasteiger partial charge in [0, 0.05) is 53.9 Å². The Morgan fingerprint density at radius 1 is 1.17 bits per heavy atom. The summed E-state index contributed by atoms with van der Waals surface area (Å²) in [6, 6.07) is 18.0. The summed E-state index contributed by atoms with van der Waals surface area (Å²) in [5.74, 6) is 0.592. The average molecular weight is 404 g/mol. The van der Waals surface area contributed by atoms with Gasteiger partial charge in [0.2, 0.25) is 0 Å². The average Bonchev–Trinajstić information content (AvgIpc) is 3.08. The third kappa shape index (κ3) is 3.84. The maximum Gasteiger partial charge on any atom is 0.148 e. The molecule has 0 bridgehead atoms. The molecular formula is C24H22ClN3O. The minimum absolute atomic E-state index is 0.167. The Bertz CT molecular complexity index is 1170. The number of hydrogen-bond donors (Lipinski definition) is 1. The van der Waals surface area contributed by atoms with Crippen molar-refractivity contribution in [2.45, 2.75) is 13.0 Å². The quantitative estimate of drug-likeness (QED) is 0.411. The van der Waals surface area contributed by atoms with Gasteiger partial charge in [-0.05, 0) is 47.9 Å². The first-order valence-corrected chi connectivity index (χ1v) is 9.67. The largest absolute Gasteiger partial charge is 0.386 e. The molecule has 1 N–H and O–H groups in total. The van der Waals surface area contributed by atoms with Gasteiger partial charge < -0.3 is 14.2 Å². The number of hydrogen-bond acceptors (Lipinski definition) is 3. The lowest BCUT2D eigenvalue weighted by atomic mass is 9.94. The van der Waals surface area contributed by atoms with Crippen molar-refractivity contribution < 1.29 is 4.29 Å². The minimum Gasteiger partial charge on any atom is -0.386 e. The normalized spacial score (nSPS) is 12.0. The van der Waals surface area contributed by atoms with Crippen molar-refractivity contribution >= 4 is 34.0 Å². The highest BCUT2D eigenvalue weighted by Crippen LogP contribution is 2.36. The fraction of sp³-hybridized carbons (Fsp3) is 0.125. The predicted molar refractivity (Wildman–Crippen MR) is 120 cm³/mol. The summed E-state index contributed by atoms with van der Waals surface area (Å²) in [5, 5.41) is 4.77. The standard InChI is InChI=1S/C24H22ClN3O/c1-16-11-19(13-20(12-16)29-25)27-24(18-7-6-10-26-14-18)17(2)22-15-28(3)23-9-5-4-8-21(22)23/h4-15,24,27H,2H2,1,3H3. The summed E-state index contributed by atoms with van der Waals surface area (Å²) in [4.78, 5) is 4.31. The fourth-order valence-electron chi connectivity index (χ4n) is 3.71. The van der Waals surface area contributed by atoms with E-state index in [0.717, 1.165) is 28.0 Å². The lowest BCUT2D eigenvalue weighted by Crippen LogP contribution is -2.13. The van der Waals surface area contributed by atoms with Gasteiger partial charge in [-0.1, -0.05) is 30.8 Å². The number of benzene rings is 2. The maximum atomic E-state index is 5.59. The monoisotopic (exact) mass is 403 g/mol. The van der Waals surface area contributed by atoms with Gasteiger partial charge >= 0.3 is 0 Å². The molecular weight excluding hydrogens is 382 g/mol. The number of halogens is 1. The number of nitrogens with zero attached hydrogens (tertiary/aromatic N) is 2. The fourth-order valence-corrected chi connectivity index (χ4v) is 3.80. The molecule has 0 saturated heterocycles. The molecule has 0 amide bonds. The van der Waals surface area contributed by atoms with Gasteiger partial charge in [-0.3, -0.25) is 4.98 Å². The Morgan fingerprint density at radius 3 is 2.76 bits per heavy atom. The number of anilines is 1. The summed E-state index contributed by atoms with van der Waals surface area (Å²) in [7, 11) is 2.05. The third-order valence-corrected chi connectivity index (χ3v) is 5.24. The molecule has 146 valence electrons. The Hall–Kier alpha value is -3.24. The van der Waals surface area contributed by atoms with Crippen LogP contribution in [0.2, 0.25) is 0 Å². The highest BCUT2D eigenvalue weighted by molar-refractivity contribution is 6.09. The number of aryl methyl sites for hydroxylation is 2. The Morgan fingerprint density at radius 2 is 2.00 bits per heavy atom. The molecule has 0 aliphatic rings. The van der Waals surface area contributed by atoms with Crippen LogP contribution in [0, 0.1) is 6.92 Å². The van der Waals surface area contributed by atoms with E-state index in [1.165, 1.54) is 10.9 Å². The molecule has 4 nitrogen and oxygen atoms in total. The topological polar surface area (TPSA) is 39.1 Å². The molecule has 0 aliphatic carbocycles. The summed E-state index contributed by atoms with van der Waals surface area (Å²) in [5.41, 5.74) is 6.21. The second kappa shape index (κ2) is 8.02. The van der Waals surface area contributed by atoms with Crippen molar-refractivity contribution in [1.82, 2.24) is 9.55 Å². The molecule has 2 heterocycles. The zero-order valence-corrected chi connectivity index (χ0v) is 17.1. The van der Waals surface area contributed by atoms with Crippen LogP contribution in [0.5, 0.6) is 5.75 Å². The van der Waals surface area contributed by atoms with E-state index in [9.17, 15) is 0 Å². The van der Waals surface area contributed by atoms with Crippen molar-refractivity contribution in [3.8, 4) is 5.75 Å². The molecule has 1 atom stereocenters. The van der Waals surface area contributed by atoms with Crippen LogP contribution in [0.1, 0.15) is 22.7 Å². The maximum absolute atomic E-state index is 5.59. The van der Waals surface area contributed by atoms with Crippen LogP contribution in [0.4, 0.5) is 5.69 Å². The molecule has 1 unspecified atom stereocenters. The first-order valence-electron chi connectivity index (χ1n) is 9.37. The summed E-state index contributed by atoms with van der Waals surface area (Å²) in [6.45, 7) is 6.47. The summed E-state index contributed by atoms with van der Waals surface area (Å²) >= 11 is 5.59. The van der Waals surface area contributed by atoms with Crippen molar-refractivity contribution in [3.05, 3.63) is 96.5 Å². The third-order valence-electron chi connectivity index (χ3n) is 5.06. The Balaban J connectivity index is 1.79. The molecule has 4 aromatic rings. The van der Waals surface area contributed by atoms with E-state index in [-0.39, 0.29) is 6.04 Å². The molecule has 0 saturated carbocycles. The Kier molecular flexibility index (Phi) is 5.28. The highest BCUT2D eigenvalue weighted by Gasteiger charge is 2.20. The van der Waals surface area contributed by atoms with Gasteiger partial charge in [-0.2, -0.15) is 0 Å². The van der Waals surface area contributed by atoms with Crippen LogP contribution < -0.4 is 9.61 Å². The van der Waals surface area contributed by atoms with E-state index in [1.54, 1.807) is 6.20 Å². The second-order valence-electron chi connectivity index (χ2n) is 7.17. The lowest BCUT2D eigenvalue weighted by molar-refractivity contribution is 0.619. The van der Waals surface area contributed by atoms with E-state index < -0.39 is 0 Å². The summed E-state index contributed by atoms with van der Waals surface area (Å²) < 4.78 is 7.05. The lowest BCUT2D eigenvalue weighted by Gasteiger charge is -2.23. The molecule has 2 aromatic carbocycles. The molecule has 5 heteroatoms. The van der Waals surface area contributed by atoms with Gasteiger partial charge in [0.05, 0.1) is 6.04 Å². The molecule has 0 radical (unpaired) electrons. The first-order chi connectivity index (χ1) is 14.1. The molecule has 4 rings (SSSR count). The molecule has 0 aliphatic heterocycles. The smallest absolute Gasteiger partial charge is 0.148 e. The van der Waals surface area contributed by atoms with Crippen LogP contribution in [0.25, 0.3) is 16.5 Å². The van der Waals surface area contributed by atoms with Gasteiger partial charge in [0.25, 0.3) is 0 Å². The summed E-state index contributed by atoms with van der Waals surface area (Å²) in [6.07, 6.45) is 5.76. The van der Waals surface area contributed by atoms with E-state index in [2.05, 4.69) is 65.0 Å². The van der Waals surface area contributed by atoms with Crippen molar-refractivity contribution in [2.24, 2.45) is 7.05 Å². The SMILES string of the molecule is C=C(c1cn(C)c2ccccc12)C(Nc1cc(C)cc(OCl)c1)c1cccnc1. The minimum atomic E-state index is -0.167. The first kappa shape index (κ1) is 19.1. The van der Waals surface area contributed by atoms with Crippen molar-refractivity contribution in [1.29, 1.82) is 0 Å². The van der Waals surface area contributed by atoms with Crippen LogP contribution in [-0.2, 0) is 7.05 Å². The number of pyridine rings is 1. The van der Waals surface area contributed by atoms with Crippen molar-refractivity contribution in [2.75, 3.05) is 5.32 Å². The van der Waals surface area contributed by atoms with Gasteiger partial charge in [0.15, 0.2) is 0 Å². The van der Waals surface area contributed by atoms with Crippen molar-refractivity contribution in [3.63, 3.8) is 0 Å². The van der Waals surface area contributed by atoms with E-state index in [4.69, 9.17) is 16.2 Å². The number of para-hydroxylation sites is 1. The van der Waals surface area contributed by atoms with Gasteiger partial charge in [-0.15, -0.1) is 0 Å². The zero-order chi connectivity index (χ0) is 20.4. The molecule has 0 fully saturated rings. The van der Waals surface area contributed by atoms with Crippen LogP contribution in [0.15, 0.2) is 79.8 Å². The Labute approximate surface area is 175 Å². The predicted octanol–water partition coefficient (Wildman–Crippen LogP) is 6.28. The van der Waals surface area contributed by atoms with E-state index in [0.29, 0.717) is 5.75 Å². The number of rotatable bonds is 6. The number of aromatic nitrogens is 2. The van der Waals surface area contributed by atoms with E-state index in [1.807, 2.05) is 37.4 Å². The molecule has 29 heavy (non-hydrogen) atoms. The second-order valence-corrected chi connectivity index (χ2v) is 7.33. The van der Waals surface area contributed by atoms with Crippen LogP contribution >= 0.6 is 11.9 Å². The van der Waals surface area contributed by atoms with Crippen LogP contribution in [-0.4, -0.2) is 9.55 Å². The molecule has 0 spiro atoms. The van der Waals surface area contributed by atoms with E-state index >= 15 is 0 Å². The number of nitrogens with one attached hydrogen (secondary N) is 1.